The van der Waals surface area contributed by atoms with Gasteiger partial charge in [-0.1, -0.05) is 65.7 Å². The Morgan fingerprint density at radius 2 is 1.67 bits per heavy atom. The molecule has 0 saturated heterocycles. The first-order chi connectivity index (χ1) is 7.14. The van der Waals surface area contributed by atoms with Gasteiger partial charge in [0, 0.05) is 5.57 Å². The molecule has 0 amide bonds. The van der Waals surface area contributed by atoms with E-state index in [1.807, 2.05) is 34.6 Å². The third-order valence-corrected chi connectivity index (χ3v) is 1.83. The minimum atomic E-state index is 0.332. The van der Waals surface area contributed by atoms with Gasteiger partial charge in [-0.15, -0.1) is 5.92 Å². The molecule has 0 unspecified atom stereocenters. The van der Waals surface area contributed by atoms with E-state index < -0.39 is 0 Å². The molecule has 0 nitrogen and oxygen atoms in total. The topological polar surface area (TPSA) is 0 Å². The lowest BCUT2D eigenvalue weighted by Crippen LogP contribution is -2.08. The third kappa shape index (κ3) is 8.06. The number of hydrogen-bond donors (Lipinski definition) is 0. The van der Waals surface area contributed by atoms with Crippen molar-refractivity contribution in [1.82, 2.24) is 0 Å². The zero-order valence-corrected chi connectivity index (χ0v) is 11.4. The maximum Gasteiger partial charge on any atom is 0.0202 e. The van der Waals surface area contributed by atoms with Crippen molar-refractivity contribution in [3.63, 3.8) is 0 Å². The predicted octanol–water partition coefficient (Wildman–Crippen LogP) is 4.97. The Morgan fingerprint density at radius 3 is 2.00 bits per heavy atom. The first-order valence-corrected chi connectivity index (χ1v) is 5.96. The van der Waals surface area contributed by atoms with Gasteiger partial charge in [-0.05, 0) is 18.8 Å². The van der Waals surface area contributed by atoms with Crippen LogP contribution in [0.25, 0.3) is 0 Å². The minimum Gasteiger partial charge on any atom is -0.101 e. The predicted molar refractivity (Wildman–Crippen MR) is 71.8 cm³/mol. The second-order valence-electron chi connectivity index (χ2n) is 3.56. The van der Waals surface area contributed by atoms with Crippen molar-refractivity contribution in [2.24, 2.45) is 5.41 Å². The van der Waals surface area contributed by atoms with Gasteiger partial charge in [-0.25, -0.2) is 0 Å². The summed E-state index contributed by atoms with van der Waals surface area (Å²) in [7, 11) is 0. The van der Waals surface area contributed by atoms with Crippen LogP contribution in [0, 0.1) is 17.3 Å². The van der Waals surface area contributed by atoms with Crippen molar-refractivity contribution in [2.75, 3.05) is 0 Å². The van der Waals surface area contributed by atoms with E-state index >= 15 is 0 Å². The Bertz CT molecular complexity index is 253. The zero-order chi connectivity index (χ0) is 12.3. The third-order valence-electron chi connectivity index (χ3n) is 1.83. The van der Waals surface area contributed by atoms with Crippen molar-refractivity contribution in [2.45, 2.75) is 54.9 Å². The quantitative estimate of drug-likeness (QED) is 0.491. The molecule has 0 aromatic carbocycles. The monoisotopic (exact) mass is 206 g/mol. The summed E-state index contributed by atoms with van der Waals surface area (Å²) in [6, 6.07) is 0. The lowest BCUT2D eigenvalue weighted by molar-refractivity contribution is 0.483. The summed E-state index contributed by atoms with van der Waals surface area (Å²) >= 11 is 0. The first-order valence-electron chi connectivity index (χ1n) is 5.96. The second-order valence-corrected chi connectivity index (χ2v) is 3.56. The van der Waals surface area contributed by atoms with E-state index in [9.17, 15) is 0 Å². The van der Waals surface area contributed by atoms with Gasteiger partial charge in [0.1, 0.15) is 0 Å². The zero-order valence-electron chi connectivity index (χ0n) is 11.4. The minimum absolute atomic E-state index is 0.332. The fourth-order valence-corrected chi connectivity index (χ4v) is 1.06. The van der Waals surface area contributed by atoms with E-state index in [1.54, 1.807) is 0 Å². The van der Waals surface area contributed by atoms with Crippen molar-refractivity contribution in [3.05, 3.63) is 23.8 Å². The van der Waals surface area contributed by atoms with Gasteiger partial charge in [0.15, 0.2) is 0 Å². The summed E-state index contributed by atoms with van der Waals surface area (Å²) in [6.07, 6.45) is 7.65. The van der Waals surface area contributed by atoms with Crippen molar-refractivity contribution < 1.29 is 0 Å². The Hall–Kier alpha value is -0.960. The molecule has 0 heteroatoms. The van der Waals surface area contributed by atoms with E-state index in [-0.39, 0.29) is 0 Å². The van der Waals surface area contributed by atoms with E-state index in [4.69, 9.17) is 0 Å². The average Bonchev–Trinajstić information content (AvgIpc) is 2.27. The molecule has 0 radical (unpaired) electrons. The molecule has 0 aromatic rings. The van der Waals surface area contributed by atoms with Gasteiger partial charge in [0.05, 0.1) is 0 Å². The first kappa shape index (κ1) is 16.5. The van der Waals surface area contributed by atoms with Gasteiger partial charge in [0.2, 0.25) is 0 Å². The fourth-order valence-electron chi connectivity index (χ4n) is 1.06. The molecular formula is C15H26. The van der Waals surface area contributed by atoms with Crippen molar-refractivity contribution >= 4 is 0 Å². The molecule has 1 rings (SSSR count). The molecule has 0 aliphatic heterocycles. The van der Waals surface area contributed by atoms with Crippen molar-refractivity contribution in [3.8, 4) is 11.8 Å². The largest absolute Gasteiger partial charge is 0.101 e. The Kier molecular flexibility index (Phi) is 10.5. The van der Waals surface area contributed by atoms with E-state index in [0.717, 1.165) is 12.0 Å². The maximum absolute atomic E-state index is 3.05. The summed E-state index contributed by atoms with van der Waals surface area (Å²) in [5, 5.41) is 0. The Labute approximate surface area is 96.5 Å². The molecule has 15 heavy (non-hydrogen) atoms. The molecule has 86 valence electrons. The van der Waals surface area contributed by atoms with Crippen LogP contribution < -0.4 is 0 Å². The fraction of sp³-hybridized carbons (Fsp3) is 0.600. The van der Waals surface area contributed by atoms with Crippen LogP contribution in [-0.4, -0.2) is 0 Å². The molecule has 0 spiro atoms. The molecule has 0 bridgehead atoms. The van der Waals surface area contributed by atoms with Crippen LogP contribution in [0.15, 0.2) is 23.8 Å². The summed E-state index contributed by atoms with van der Waals surface area (Å²) < 4.78 is 0. The van der Waals surface area contributed by atoms with Gasteiger partial charge in [0.25, 0.3) is 0 Å². The van der Waals surface area contributed by atoms with Gasteiger partial charge in [-0.2, -0.15) is 0 Å². The van der Waals surface area contributed by atoms with Crippen LogP contribution in [0.5, 0.6) is 0 Å². The molecule has 1 aliphatic carbocycles. The normalized spacial score (nSPS) is 15.5. The van der Waals surface area contributed by atoms with E-state index in [2.05, 4.69) is 43.9 Å². The molecule has 0 fully saturated rings. The Balaban J connectivity index is 0. The van der Waals surface area contributed by atoms with Gasteiger partial charge in [-0.3, -0.25) is 0 Å². The SMILES string of the molecule is CC.CC.CC#CC1=CCC(C)(C)C=C1. The number of hydrogen-bond acceptors (Lipinski definition) is 0. The van der Waals surface area contributed by atoms with Crippen LogP contribution in [0.1, 0.15) is 54.9 Å². The van der Waals surface area contributed by atoms with Crippen molar-refractivity contribution in [1.29, 1.82) is 0 Å². The Morgan fingerprint density at radius 1 is 1.13 bits per heavy atom. The van der Waals surface area contributed by atoms with Crippen LogP contribution >= 0.6 is 0 Å². The number of rotatable bonds is 0. The van der Waals surface area contributed by atoms with Crippen LogP contribution in [-0.2, 0) is 0 Å². The highest BCUT2D eigenvalue weighted by molar-refractivity contribution is 5.40. The van der Waals surface area contributed by atoms with Crippen LogP contribution in [0.3, 0.4) is 0 Å². The maximum atomic E-state index is 3.05. The lowest BCUT2D eigenvalue weighted by atomic mass is 9.84. The lowest BCUT2D eigenvalue weighted by Gasteiger charge is -2.20. The summed E-state index contributed by atoms with van der Waals surface area (Å²) in [5.74, 6) is 5.94. The molecular weight excluding hydrogens is 180 g/mol. The highest BCUT2D eigenvalue weighted by Crippen LogP contribution is 2.27. The van der Waals surface area contributed by atoms with Crippen LogP contribution in [0.2, 0.25) is 0 Å². The summed E-state index contributed by atoms with van der Waals surface area (Å²) in [6.45, 7) is 14.3. The summed E-state index contributed by atoms with van der Waals surface area (Å²) in [5.41, 5.74) is 1.49. The number of allylic oxidation sites excluding steroid dienone is 4. The standard InChI is InChI=1S/C11H14.2C2H6/c1-4-5-10-6-8-11(2,3)9-7-10;2*1-2/h6-8H,9H2,1-3H3;2*1-2H3. The highest BCUT2D eigenvalue weighted by Gasteiger charge is 2.14. The smallest absolute Gasteiger partial charge is 0.0202 e. The van der Waals surface area contributed by atoms with E-state index in [1.165, 1.54) is 0 Å². The molecule has 0 saturated carbocycles. The van der Waals surface area contributed by atoms with Crippen LogP contribution in [0.4, 0.5) is 0 Å². The molecule has 0 atom stereocenters. The molecule has 0 N–H and O–H groups in total. The highest BCUT2D eigenvalue weighted by atomic mass is 14.2. The van der Waals surface area contributed by atoms with E-state index in [0.29, 0.717) is 5.41 Å². The van der Waals surface area contributed by atoms with Gasteiger partial charge < -0.3 is 0 Å². The van der Waals surface area contributed by atoms with Gasteiger partial charge >= 0.3 is 0 Å². The molecule has 1 aliphatic rings. The molecule has 0 aromatic heterocycles. The molecule has 0 heterocycles. The summed E-state index contributed by atoms with van der Waals surface area (Å²) in [4.78, 5) is 0. The second kappa shape index (κ2) is 9.59. The average molecular weight is 206 g/mol.